The average molecular weight is 398 g/mol. The van der Waals surface area contributed by atoms with Gasteiger partial charge < -0.3 is 16.0 Å². The van der Waals surface area contributed by atoms with Crippen molar-refractivity contribution in [1.82, 2.24) is 9.88 Å². The number of halogens is 3. The van der Waals surface area contributed by atoms with Crippen LogP contribution >= 0.6 is 36.4 Å². The van der Waals surface area contributed by atoms with Crippen molar-refractivity contribution in [3.05, 3.63) is 23.4 Å². The molecular weight excluding hydrogens is 375 g/mol. The number of amides is 2. The first-order valence-electron chi connectivity index (χ1n) is 7.50. The molecule has 0 radical (unpaired) electrons. The fraction of sp³-hybridized carbons (Fsp3) is 0.533. The molecule has 1 aromatic heterocycles. The fourth-order valence-corrected chi connectivity index (χ4v) is 2.62. The first-order chi connectivity index (χ1) is 10.6. The summed E-state index contributed by atoms with van der Waals surface area (Å²) in [4.78, 5) is 30.1. The van der Waals surface area contributed by atoms with E-state index in [-0.39, 0.29) is 42.5 Å². The molecule has 24 heavy (non-hydrogen) atoms. The Morgan fingerprint density at radius 3 is 2.75 bits per heavy atom. The molecule has 1 atom stereocenters. The lowest BCUT2D eigenvalue weighted by molar-refractivity contribution is -0.134. The van der Waals surface area contributed by atoms with Gasteiger partial charge in [-0.25, -0.2) is 4.98 Å². The molecule has 1 aliphatic heterocycles. The van der Waals surface area contributed by atoms with E-state index < -0.39 is 0 Å². The van der Waals surface area contributed by atoms with E-state index in [0.717, 1.165) is 12.8 Å². The molecule has 0 aromatic carbocycles. The Morgan fingerprint density at radius 1 is 1.38 bits per heavy atom. The molecule has 2 amide bonds. The van der Waals surface area contributed by atoms with E-state index in [9.17, 15) is 9.59 Å². The summed E-state index contributed by atoms with van der Waals surface area (Å²) in [6, 6.07) is 3.33. The van der Waals surface area contributed by atoms with Gasteiger partial charge >= 0.3 is 0 Å². The predicted molar refractivity (Wildman–Crippen MR) is 100.0 cm³/mol. The normalized spacial score (nSPS) is 16.6. The number of piperidine rings is 1. The molecule has 0 saturated carbocycles. The Labute approximate surface area is 159 Å². The van der Waals surface area contributed by atoms with Crippen molar-refractivity contribution in [2.24, 2.45) is 11.7 Å². The Balaban J connectivity index is 0.00000264. The molecule has 0 aliphatic carbocycles. The molecule has 0 spiro atoms. The van der Waals surface area contributed by atoms with Gasteiger partial charge in [0.05, 0.1) is 10.9 Å². The van der Waals surface area contributed by atoms with E-state index in [2.05, 4.69) is 10.3 Å². The maximum Gasteiger partial charge on any atom is 0.230 e. The molecule has 136 valence electrons. The first-order valence-corrected chi connectivity index (χ1v) is 7.88. The molecule has 1 aromatic rings. The minimum Gasteiger partial charge on any atom is -0.342 e. The smallest absolute Gasteiger partial charge is 0.230 e. The third-order valence-corrected chi connectivity index (χ3v) is 3.94. The summed E-state index contributed by atoms with van der Waals surface area (Å²) in [7, 11) is 0. The highest BCUT2D eigenvalue weighted by Crippen LogP contribution is 2.19. The van der Waals surface area contributed by atoms with Crippen LogP contribution < -0.4 is 11.1 Å². The number of nitrogens with one attached hydrogen (secondary N) is 1. The van der Waals surface area contributed by atoms with E-state index in [4.69, 9.17) is 17.3 Å². The predicted octanol–water partition coefficient (Wildman–Crippen LogP) is 2.49. The summed E-state index contributed by atoms with van der Waals surface area (Å²) in [5.74, 6) is 0.243. The van der Waals surface area contributed by atoms with Gasteiger partial charge in [-0.1, -0.05) is 11.6 Å². The molecule has 1 saturated heterocycles. The van der Waals surface area contributed by atoms with Crippen LogP contribution in [0.4, 0.5) is 5.82 Å². The lowest BCUT2D eigenvalue weighted by Crippen LogP contribution is -2.43. The van der Waals surface area contributed by atoms with Crippen LogP contribution in [0.2, 0.25) is 5.02 Å². The van der Waals surface area contributed by atoms with Crippen molar-refractivity contribution in [1.29, 1.82) is 0 Å². The van der Waals surface area contributed by atoms with Crippen LogP contribution in [0.3, 0.4) is 0 Å². The zero-order chi connectivity index (χ0) is 15.9. The maximum atomic E-state index is 12.3. The Bertz CT molecular complexity index is 528. The number of likely N-dealkylation sites (tertiary alicyclic amines) is 1. The monoisotopic (exact) mass is 396 g/mol. The van der Waals surface area contributed by atoms with Gasteiger partial charge in [0.25, 0.3) is 0 Å². The maximum absolute atomic E-state index is 12.3. The van der Waals surface area contributed by atoms with Crippen molar-refractivity contribution in [2.75, 3.05) is 25.0 Å². The van der Waals surface area contributed by atoms with Crippen LogP contribution in [-0.2, 0) is 9.59 Å². The molecular formula is C15H23Cl3N4O2. The zero-order valence-electron chi connectivity index (χ0n) is 13.2. The zero-order valence-corrected chi connectivity index (χ0v) is 15.6. The van der Waals surface area contributed by atoms with Crippen LogP contribution in [0.15, 0.2) is 18.3 Å². The minimum absolute atomic E-state index is 0. The number of hydrogen-bond donors (Lipinski definition) is 2. The fourth-order valence-electron chi connectivity index (χ4n) is 2.51. The highest BCUT2D eigenvalue weighted by Gasteiger charge is 2.28. The van der Waals surface area contributed by atoms with E-state index in [1.54, 1.807) is 17.0 Å². The molecule has 2 heterocycles. The summed E-state index contributed by atoms with van der Waals surface area (Å²) >= 11 is 5.76. The molecule has 3 N–H and O–H groups in total. The van der Waals surface area contributed by atoms with Crippen LogP contribution in [0.5, 0.6) is 0 Å². The second-order valence-electron chi connectivity index (χ2n) is 5.42. The van der Waals surface area contributed by atoms with Gasteiger partial charge in [-0.15, -0.1) is 24.8 Å². The van der Waals surface area contributed by atoms with Crippen molar-refractivity contribution in [3.8, 4) is 0 Å². The summed E-state index contributed by atoms with van der Waals surface area (Å²) in [5, 5.41) is 3.30. The second-order valence-corrected chi connectivity index (χ2v) is 5.86. The van der Waals surface area contributed by atoms with Gasteiger partial charge in [0.1, 0.15) is 5.82 Å². The highest BCUT2D eigenvalue weighted by atomic mass is 35.5. The lowest BCUT2D eigenvalue weighted by Gasteiger charge is -2.32. The molecule has 1 unspecified atom stereocenters. The Kier molecular flexibility index (Phi) is 11.0. The van der Waals surface area contributed by atoms with Crippen molar-refractivity contribution in [3.63, 3.8) is 0 Å². The number of anilines is 1. The van der Waals surface area contributed by atoms with Crippen molar-refractivity contribution >= 4 is 54.0 Å². The van der Waals surface area contributed by atoms with Gasteiger partial charge in [-0.2, -0.15) is 0 Å². The number of nitrogens with two attached hydrogens (primary N) is 1. The molecule has 6 nitrogen and oxygen atoms in total. The van der Waals surface area contributed by atoms with Crippen LogP contribution in [0, 0.1) is 5.92 Å². The number of hydrogen-bond acceptors (Lipinski definition) is 4. The van der Waals surface area contributed by atoms with Crippen LogP contribution in [0.25, 0.3) is 0 Å². The summed E-state index contributed by atoms with van der Waals surface area (Å²) in [6.07, 6.45) is 4.23. The van der Waals surface area contributed by atoms with Crippen molar-refractivity contribution in [2.45, 2.75) is 25.7 Å². The lowest BCUT2D eigenvalue weighted by atomic mass is 9.96. The van der Waals surface area contributed by atoms with E-state index in [1.807, 2.05) is 0 Å². The number of rotatable bonds is 5. The Morgan fingerprint density at radius 2 is 2.12 bits per heavy atom. The van der Waals surface area contributed by atoms with Crippen molar-refractivity contribution < 1.29 is 9.59 Å². The third kappa shape index (κ3) is 6.81. The molecule has 1 aliphatic rings. The number of carbonyl (C=O) groups excluding carboxylic acids is 2. The van der Waals surface area contributed by atoms with Crippen LogP contribution in [0.1, 0.15) is 25.7 Å². The minimum atomic E-state index is -0.201. The number of nitrogens with zero attached hydrogens (tertiary/aromatic N) is 2. The first kappa shape index (κ1) is 22.9. The quantitative estimate of drug-likeness (QED) is 0.799. The summed E-state index contributed by atoms with van der Waals surface area (Å²) < 4.78 is 0. The molecule has 0 bridgehead atoms. The molecule has 2 rings (SSSR count). The highest BCUT2D eigenvalue weighted by molar-refractivity contribution is 6.30. The molecule has 9 heteroatoms. The summed E-state index contributed by atoms with van der Waals surface area (Å²) in [5.41, 5.74) is 5.43. The van der Waals surface area contributed by atoms with Gasteiger partial charge in [0.15, 0.2) is 0 Å². The molecule has 1 fully saturated rings. The van der Waals surface area contributed by atoms with E-state index >= 15 is 0 Å². The standard InChI is InChI=1S/C15H21ClN4O2.2ClH/c16-12-5-6-13(18-9-12)19-15(22)11-3-2-8-20(10-11)14(21)4-1-7-17;;/h5-6,9,11H,1-4,7-8,10,17H2,(H,18,19,22);2*1H. The third-order valence-electron chi connectivity index (χ3n) is 3.72. The summed E-state index contributed by atoms with van der Waals surface area (Å²) in [6.45, 7) is 1.68. The Hall–Kier alpha value is -1.08. The average Bonchev–Trinajstić information content (AvgIpc) is 2.54. The van der Waals surface area contributed by atoms with Gasteiger partial charge in [0.2, 0.25) is 11.8 Å². The van der Waals surface area contributed by atoms with E-state index in [1.165, 1.54) is 6.20 Å². The van der Waals surface area contributed by atoms with E-state index in [0.29, 0.717) is 43.3 Å². The van der Waals surface area contributed by atoms with Crippen LogP contribution in [-0.4, -0.2) is 41.3 Å². The number of carbonyl (C=O) groups is 2. The van der Waals surface area contributed by atoms with Gasteiger partial charge in [-0.3, -0.25) is 9.59 Å². The van der Waals surface area contributed by atoms with Gasteiger partial charge in [0, 0.05) is 25.7 Å². The number of pyridine rings is 1. The van der Waals surface area contributed by atoms with Gasteiger partial charge in [-0.05, 0) is 37.9 Å². The largest absolute Gasteiger partial charge is 0.342 e. The number of aromatic nitrogens is 1. The SMILES string of the molecule is Cl.Cl.NCCCC(=O)N1CCCC(C(=O)Nc2ccc(Cl)cn2)C1. The second kappa shape index (κ2) is 11.5. The topological polar surface area (TPSA) is 88.3 Å².